The summed E-state index contributed by atoms with van der Waals surface area (Å²) in [7, 11) is 4.11. The summed E-state index contributed by atoms with van der Waals surface area (Å²) in [5.74, 6) is 0.744. The van der Waals surface area contributed by atoms with E-state index >= 15 is 0 Å². The van der Waals surface area contributed by atoms with Crippen LogP contribution in [0, 0.1) is 12.3 Å². The van der Waals surface area contributed by atoms with Gasteiger partial charge >= 0.3 is 0 Å². The van der Waals surface area contributed by atoms with Gasteiger partial charge in [0.15, 0.2) is 0 Å². The number of amidine groups is 1. The van der Waals surface area contributed by atoms with Crippen LogP contribution in [-0.4, -0.2) is 26.5 Å². The Hall–Kier alpha value is -1.51. The fourth-order valence-electron chi connectivity index (χ4n) is 2.21. The molecule has 3 heteroatoms. The molecule has 86 valence electrons. The number of nitrogens with one attached hydrogen (secondary N) is 1. The number of rotatable bonds is 2. The fraction of sp³-hybridized carbons (Fsp3) is 0.462. The molecule has 0 amide bonds. The van der Waals surface area contributed by atoms with Crippen molar-refractivity contribution >= 4 is 17.2 Å². The lowest BCUT2D eigenvalue weighted by atomic mass is 10.1. The van der Waals surface area contributed by atoms with Gasteiger partial charge in [-0.15, -0.1) is 0 Å². The zero-order valence-corrected chi connectivity index (χ0v) is 10.2. The normalized spacial score (nSPS) is 15.7. The van der Waals surface area contributed by atoms with E-state index < -0.39 is 0 Å². The first-order chi connectivity index (χ1) is 7.59. The van der Waals surface area contributed by atoms with Gasteiger partial charge in [-0.1, -0.05) is 6.07 Å². The highest BCUT2D eigenvalue weighted by molar-refractivity contribution is 5.97. The van der Waals surface area contributed by atoms with Gasteiger partial charge in [-0.05, 0) is 31.0 Å². The second-order valence-corrected chi connectivity index (χ2v) is 4.57. The van der Waals surface area contributed by atoms with E-state index in [0.717, 1.165) is 30.9 Å². The van der Waals surface area contributed by atoms with Crippen molar-refractivity contribution in [1.82, 2.24) is 0 Å². The molecule has 1 fully saturated rings. The quantitative estimate of drug-likeness (QED) is 0.825. The molecule has 1 saturated heterocycles. The number of hydrogen-bond donors (Lipinski definition) is 1. The average molecular weight is 217 g/mol. The standard InChI is InChI=1S/C13H19N3/c1-10-6-7-11(9-12(10)15(2)3)16-8-4-5-13(16)14/h6-7,9,14H,4-5,8H2,1-3H3. The fourth-order valence-corrected chi connectivity index (χ4v) is 2.21. The third kappa shape index (κ3) is 1.90. The maximum Gasteiger partial charge on any atom is 0.100 e. The Balaban J connectivity index is 2.35. The first-order valence-electron chi connectivity index (χ1n) is 5.72. The largest absolute Gasteiger partial charge is 0.377 e. The average Bonchev–Trinajstić information content (AvgIpc) is 2.65. The molecule has 0 saturated carbocycles. The number of benzene rings is 1. The molecule has 1 aromatic carbocycles. The summed E-state index contributed by atoms with van der Waals surface area (Å²) >= 11 is 0. The van der Waals surface area contributed by atoms with E-state index in [1.165, 1.54) is 11.3 Å². The monoisotopic (exact) mass is 217 g/mol. The Morgan fingerprint density at radius 3 is 2.62 bits per heavy atom. The Labute approximate surface area is 97.2 Å². The zero-order chi connectivity index (χ0) is 11.7. The minimum absolute atomic E-state index is 0.744. The van der Waals surface area contributed by atoms with Gasteiger partial charge in [-0.3, -0.25) is 5.41 Å². The van der Waals surface area contributed by atoms with E-state index in [1.807, 2.05) is 0 Å². The topological polar surface area (TPSA) is 30.3 Å². The Morgan fingerprint density at radius 2 is 2.06 bits per heavy atom. The van der Waals surface area contributed by atoms with Crippen LogP contribution in [-0.2, 0) is 0 Å². The van der Waals surface area contributed by atoms with Gasteiger partial charge in [0.2, 0.25) is 0 Å². The molecule has 1 aliphatic rings. The van der Waals surface area contributed by atoms with Crippen molar-refractivity contribution in [3.63, 3.8) is 0 Å². The van der Waals surface area contributed by atoms with Gasteiger partial charge in [-0.2, -0.15) is 0 Å². The Kier molecular flexibility index (Phi) is 2.86. The predicted molar refractivity (Wildman–Crippen MR) is 69.8 cm³/mol. The number of hydrogen-bond acceptors (Lipinski definition) is 2. The van der Waals surface area contributed by atoms with Gasteiger partial charge in [0.05, 0.1) is 0 Å². The molecule has 1 heterocycles. The molecular weight excluding hydrogens is 198 g/mol. The van der Waals surface area contributed by atoms with Crippen LogP contribution in [0.3, 0.4) is 0 Å². The van der Waals surface area contributed by atoms with Crippen molar-refractivity contribution < 1.29 is 0 Å². The van der Waals surface area contributed by atoms with Gasteiger partial charge < -0.3 is 9.80 Å². The summed E-state index contributed by atoms with van der Waals surface area (Å²) in [6.07, 6.45) is 2.01. The number of anilines is 2. The van der Waals surface area contributed by atoms with Gasteiger partial charge in [0.1, 0.15) is 5.84 Å². The maximum absolute atomic E-state index is 7.89. The number of aryl methyl sites for hydroxylation is 1. The minimum atomic E-state index is 0.744. The molecular formula is C13H19N3. The summed E-state index contributed by atoms with van der Waals surface area (Å²) < 4.78 is 0. The van der Waals surface area contributed by atoms with E-state index in [4.69, 9.17) is 5.41 Å². The lowest BCUT2D eigenvalue weighted by molar-refractivity contribution is 0.955. The van der Waals surface area contributed by atoms with Crippen molar-refractivity contribution in [2.45, 2.75) is 19.8 Å². The highest BCUT2D eigenvalue weighted by atomic mass is 15.2. The molecule has 16 heavy (non-hydrogen) atoms. The van der Waals surface area contributed by atoms with Gasteiger partial charge in [-0.25, -0.2) is 0 Å². The SMILES string of the molecule is Cc1ccc(N2CCCC2=N)cc1N(C)C. The van der Waals surface area contributed by atoms with Crippen LogP contribution in [0.4, 0.5) is 11.4 Å². The van der Waals surface area contributed by atoms with Crippen molar-refractivity contribution in [2.24, 2.45) is 0 Å². The van der Waals surface area contributed by atoms with Gasteiger partial charge in [0.25, 0.3) is 0 Å². The van der Waals surface area contributed by atoms with Crippen LogP contribution in [0.2, 0.25) is 0 Å². The molecule has 0 atom stereocenters. The lowest BCUT2D eigenvalue weighted by Crippen LogP contribution is -2.23. The van der Waals surface area contributed by atoms with Crippen LogP contribution >= 0.6 is 0 Å². The minimum Gasteiger partial charge on any atom is -0.377 e. The highest BCUT2D eigenvalue weighted by Crippen LogP contribution is 2.27. The molecule has 2 rings (SSSR count). The summed E-state index contributed by atoms with van der Waals surface area (Å²) in [6, 6.07) is 6.42. The van der Waals surface area contributed by atoms with E-state index in [1.54, 1.807) is 0 Å². The molecule has 0 unspecified atom stereocenters. The van der Waals surface area contributed by atoms with Gasteiger partial charge in [0, 0.05) is 38.4 Å². The van der Waals surface area contributed by atoms with E-state index in [0.29, 0.717) is 0 Å². The van der Waals surface area contributed by atoms with Crippen LogP contribution in [0.25, 0.3) is 0 Å². The first kappa shape index (κ1) is 11.0. The molecule has 0 spiro atoms. The molecule has 1 N–H and O–H groups in total. The van der Waals surface area contributed by atoms with Crippen LogP contribution in [0.1, 0.15) is 18.4 Å². The van der Waals surface area contributed by atoms with E-state index in [9.17, 15) is 0 Å². The Bertz CT molecular complexity index is 410. The second-order valence-electron chi connectivity index (χ2n) is 4.57. The molecule has 0 radical (unpaired) electrons. The van der Waals surface area contributed by atoms with E-state index in [-0.39, 0.29) is 0 Å². The van der Waals surface area contributed by atoms with Crippen LogP contribution in [0.15, 0.2) is 18.2 Å². The molecule has 1 aliphatic heterocycles. The smallest absolute Gasteiger partial charge is 0.100 e. The van der Waals surface area contributed by atoms with Crippen molar-refractivity contribution in [2.75, 3.05) is 30.4 Å². The first-order valence-corrected chi connectivity index (χ1v) is 5.72. The predicted octanol–water partition coefficient (Wildman–Crippen LogP) is 2.64. The molecule has 0 bridgehead atoms. The molecule has 1 aromatic rings. The zero-order valence-electron chi connectivity index (χ0n) is 10.2. The van der Waals surface area contributed by atoms with Crippen LogP contribution < -0.4 is 9.80 Å². The summed E-state index contributed by atoms with van der Waals surface area (Å²) in [4.78, 5) is 4.23. The summed E-state index contributed by atoms with van der Waals surface area (Å²) in [5, 5.41) is 7.89. The summed E-state index contributed by atoms with van der Waals surface area (Å²) in [6.45, 7) is 3.10. The Morgan fingerprint density at radius 1 is 1.31 bits per heavy atom. The highest BCUT2D eigenvalue weighted by Gasteiger charge is 2.19. The van der Waals surface area contributed by atoms with Crippen molar-refractivity contribution in [3.05, 3.63) is 23.8 Å². The molecule has 0 aromatic heterocycles. The lowest BCUT2D eigenvalue weighted by Gasteiger charge is -2.22. The summed E-state index contributed by atoms with van der Waals surface area (Å²) in [5.41, 5.74) is 3.66. The third-order valence-electron chi connectivity index (χ3n) is 3.11. The molecule has 0 aliphatic carbocycles. The van der Waals surface area contributed by atoms with E-state index in [2.05, 4.69) is 49.0 Å². The molecule has 3 nitrogen and oxygen atoms in total. The third-order valence-corrected chi connectivity index (χ3v) is 3.11. The van der Waals surface area contributed by atoms with Crippen LogP contribution in [0.5, 0.6) is 0 Å². The number of nitrogens with zero attached hydrogens (tertiary/aromatic N) is 2. The van der Waals surface area contributed by atoms with Crippen molar-refractivity contribution in [1.29, 1.82) is 5.41 Å². The maximum atomic E-state index is 7.89. The van der Waals surface area contributed by atoms with Crippen molar-refractivity contribution in [3.8, 4) is 0 Å². The second kappa shape index (κ2) is 4.16.